The van der Waals surface area contributed by atoms with Gasteiger partial charge in [0.25, 0.3) is 0 Å². The fourth-order valence-electron chi connectivity index (χ4n) is 1.77. The van der Waals surface area contributed by atoms with Crippen LogP contribution >= 0.6 is 0 Å². The SMILES string of the molecule is COCCOc1ccc(NC2CCOC2)cc1. The predicted octanol–water partition coefficient (Wildman–Crippen LogP) is 1.91. The minimum atomic E-state index is 0.440. The minimum Gasteiger partial charge on any atom is -0.491 e. The molecule has 1 aromatic rings. The molecule has 0 aliphatic carbocycles. The maximum atomic E-state index is 5.49. The van der Waals surface area contributed by atoms with Crippen LogP contribution in [0.5, 0.6) is 5.75 Å². The Balaban J connectivity index is 1.80. The van der Waals surface area contributed by atoms with Crippen LogP contribution in [0.2, 0.25) is 0 Å². The molecule has 1 aliphatic heterocycles. The van der Waals surface area contributed by atoms with Gasteiger partial charge in [0.1, 0.15) is 12.4 Å². The third-order valence-corrected chi connectivity index (χ3v) is 2.71. The molecule has 4 nitrogen and oxygen atoms in total. The monoisotopic (exact) mass is 237 g/mol. The number of benzene rings is 1. The molecule has 1 aromatic carbocycles. The van der Waals surface area contributed by atoms with E-state index in [1.165, 1.54) is 0 Å². The van der Waals surface area contributed by atoms with Crippen LogP contribution in [-0.4, -0.2) is 39.6 Å². The van der Waals surface area contributed by atoms with Gasteiger partial charge in [-0.25, -0.2) is 0 Å². The van der Waals surface area contributed by atoms with E-state index in [0.29, 0.717) is 19.3 Å². The molecule has 0 saturated carbocycles. The first-order valence-corrected chi connectivity index (χ1v) is 5.94. The van der Waals surface area contributed by atoms with Crippen LogP contribution in [0.1, 0.15) is 6.42 Å². The highest BCUT2D eigenvalue weighted by Crippen LogP contribution is 2.18. The zero-order valence-corrected chi connectivity index (χ0v) is 10.1. The van der Waals surface area contributed by atoms with Crippen LogP contribution in [0.25, 0.3) is 0 Å². The largest absolute Gasteiger partial charge is 0.491 e. The highest BCUT2D eigenvalue weighted by Gasteiger charge is 2.14. The summed E-state index contributed by atoms with van der Waals surface area (Å²) in [5.41, 5.74) is 1.11. The molecule has 1 fully saturated rings. The van der Waals surface area contributed by atoms with Gasteiger partial charge >= 0.3 is 0 Å². The molecule has 1 atom stereocenters. The van der Waals surface area contributed by atoms with E-state index in [2.05, 4.69) is 5.32 Å². The van der Waals surface area contributed by atoms with Crippen molar-refractivity contribution in [2.24, 2.45) is 0 Å². The standard InChI is InChI=1S/C13H19NO3/c1-15-8-9-17-13-4-2-11(3-5-13)14-12-6-7-16-10-12/h2-5,12,14H,6-10H2,1H3. The molecule has 2 rings (SSSR count). The molecule has 0 bridgehead atoms. The Morgan fingerprint density at radius 1 is 1.29 bits per heavy atom. The van der Waals surface area contributed by atoms with E-state index in [-0.39, 0.29) is 0 Å². The Morgan fingerprint density at radius 2 is 2.12 bits per heavy atom. The molecule has 4 heteroatoms. The summed E-state index contributed by atoms with van der Waals surface area (Å²) in [6.07, 6.45) is 1.08. The first-order chi connectivity index (χ1) is 8.38. The molecular formula is C13H19NO3. The van der Waals surface area contributed by atoms with Crippen molar-refractivity contribution < 1.29 is 14.2 Å². The Bertz CT molecular complexity index is 320. The lowest BCUT2D eigenvalue weighted by atomic mass is 10.2. The maximum Gasteiger partial charge on any atom is 0.119 e. The average molecular weight is 237 g/mol. The number of nitrogens with one attached hydrogen (secondary N) is 1. The number of anilines is 1. The summed E-state index contributed by atoms with van der Waals surface area (Å²) in [5.74, 6) is 0.871. The van der Waals surface area contributed by atoms with Crippen LogP contribution in [0.3, 0.4) is 0 Å². The molecule has 1 saturated heterocycles. The van der Waals surface area contributed by atoms with Crippen LogP contribution < -0.4 is 10.1 Å². The third kappa shape index (κ3) is 3.91. The van der Waals surface area contributed by atoms with Gasteiger partial charge in [0.15, 0.2) is 0 Å². The summed E-state index contributed by atoms with van der Waals surface area (Å²) in [6.45, 7) is 2.85. The van der Waals surface area contributed by atoms with Crippen molar-refractivity contribution in [3.05, 3.63) is 24.3 Å². The quantitative estimate of drug-likeness (QED) is 0.767. The molecule has 0 radical (unpaired) electrons. The van der Waals surface area contributed by atoms with Gasteiger partial charge in [0.2, 0.25) is 0 Å². The fraction of sp³-hybridized carbons (Fsp3) is 0.538. The van der Waals surface area contributed by atoms with E-state index in [4.69, 9.17) is 14.2 Å². The number of ether oxygens (including phenoxy) is 3. The molecule has 94 valence electrons. The summed E-state index contributed by atoms with van der Waals surface area (Å²) < 4.78 is 15.7. The van der Waals surface area contributed by atoms with E-state index in [9.17, 15) is 0 Å². The number of hydrogen-bond donors (Lipinski definition) is 1. The second-order valence-corrected chi connectivity index (χ2v) is 4.07. The highest BCUT2D eigenvalue weighted by atomic mass is 16.5. The topological polar surface area (TPSA) is 39.7 Å². The van der Waals surface area contributed by atoms with E-state index in [1.807, 2.05) is 24.3 Å². The van der Waals surface area contributed by atoms with Gasteiger partial charge in [-0.1, -0.05) is 0 Å². The zero-order valence-electron chi connectivity index (χ0n) is 10.1. The third-order valence-electron chi connectivity index (χ3n) is 2.71. The van der Waals surface area contributed by atoms with E-state index in [0.717, 1.165) is 31.1 Å². The smallest absolute Gasteiger partial charge is 0.119 e. The summed E-state index contributed by atoms with van der Waals surface area (Å²) >= 11 is 0. The number of rotatable bonds is 6. The predicted molar refractivity (Wildman–Crippen MR) is 66.7 cm³/mol. The van der Waals surface area contributed by atoms with Gasteiger partial charge in [-0.2, -0.15) is 0 Å². The van der Waals surface area contributed by atoms with Crippen LogP contribution in [0, 0.1) is 0 Å². The molecule has 1 heterocycles. The van der Waals surface area contributed by atoms with Crippen molar-refractivity contribution in [1.82, 2.24) is 0 Å². The summed E-state index contributed by atoms with van der Waals surface area (Å²) in [4.78, 5) is 0. The summed E-state index contributed by atoms with van der Waals surface area (Å²) in [5, 5.41) is 3.43. The van der Waals surface area contributed by atoms with Crippen molar-refractivity contribution in [2.45, 2.75) is 12.5 Å². The Morgan fingerprint density at radius 3 is 2.76 bits per heavy atom. The molecule has 1 unspecified atom stereocenters. The van der Waals surface area contributed by atoms with E-state index >= 15 is 0 Å². The summed E-state index contributed by atoms with van der Waals surface area (Å²) in [6, 6.07) is 8.43. The molecular weight excluding hydrogens is 218 g/mol. The molecule has 0 spiro atoms. The first kappa shape index (κ1) is 12.2. The van der Waals surface area contributed by atoms with Crippen LogP contribution in [0.15, 0.2) is 24.3 Å². The van der Waals surface area contributed by atoms with Crippen molar-refractivity contribution in [3.63, 3.8) is 0 Å². The number of methoxy groups -OCH3 is 1. The lowest BCUT2D eigenvalue weighted by Crippen LogP contribution is -2.18. The Labute approximate surface area is 102 Å². The van der Waals surface area contributed by atoms with Crippen LogP contribution in [0.4, 0.5) is 5.69 Å². The van der Waals surface area contributed by atoms with E-state index < -0.39 is 0 Å². The molecule has 0 amide bonds. The minimum absolute atomic E-state index is 0.440. The van der Waals surface area contributed by atoms with Gasteiger partial charge in [-0.05, 0) is 30.7 Å². The van der Waals surface area contributed by atoms with Crippen molar-refractivity contribution in [1.29, 1.82) is 0 Å². The van der Waals surface area contributed by atoms with Crippen molar-refractivity contribution >= 4 is 5.69 Å². The Kier molecular flexibility index (Phi) is 4.64. The van der Waals surface area contributed by atoms with Gasteiger partial charge in [-0.3, -0.25) is 0 Å². The number of hydrogen-bond acceptors (Lipinski definition) is 4. The maximum absolute atomic E-state index is 5.49. The highest BCUT2D eigenvalue weighted by molar-refractivity contribution is 5.47. The fourth-order valence-corrected chi connectivity index (χ4v) is 1.77. The molecule has 1 aliphatic rings. The van der Waals surface area contributed by atoms with Gasteiger partial charge in [0.05, 0.1) is 19.3 Å². The average Bonchev–Trinajstić information content (AvgIpc) is 2.85. The molecule has 1 N–H and O–H groups in total. The lowest BCUT2D eigenvalue weighted by molar-refractivity contribution is 0.146. The van der Waals surface area contributed by atoms with Gasteiger partial charge in [-0.15, -0.1) is 0 Å². The van der Waals surface area contributed by atoms with Crippen LogP contribution in [-0.2, 0) is 9.47 Å². The van der Waals surface area contributed by atoms with Crippen molar-refractivity contribution in [2.75, 3.05) is 38.9 Å². The summed E-state index contributed by atoms with van der Waals surface area (Å²) in [7, 11) is 1.67. The van der Waals surface area contributed by atoms with Gasteiger partial charge < -0.3 is 19.5 Å². The molecule has 17 heavy (non-hydrogen) atoms. The zero-order chi connectivity index (χ0) is 11.9. The lowest BCUT2D eigenvalue weighted by Gasteiger charge is -2.12. The van der Waals surface area contributed by atoms with Gasteiger partial charge in [0, 0.05) is 19.4 Å². The normalized spacial score (nSPS) is 19.2. The second-order valence-electron chi connectivity index (χ2n) is 4.07. The van der Waals surface area contributed by atoms with Crippen molar-refractivity contribution in [3.8, 4) is 5.75 Å². The molecule has 0 aromatic heterocycles. The second kappa shape index (κ2) is 6.47. The Hall–Kier alpha value is -1.26. The first-order valence-electron chi connectivity index (χ1n) is 5.94. The van der Waals surface area contributed by atoms with E-state index in [1.54, 1.807) is 7.11 Å².